The van der Waals surface area contributed by atoms with Crippen molar-refractivity contribution in [2.45, 2.75) is 0 Å². The van der Waals surface area contributed by atoms with Crippen LogP contribution in [0, 0.1) is 0 Å². The molecule has 5 heteroatoms. The lowest BCUT2D eigenvalue weighted by atomic mass is 9.99. The van der Waals surface area contributed by atoms with E-state index in [1.165, 1.54) is 38.1 Å². The van der Waals surface area contributed by atoms with Gasteiger partial charge in [0.2, 0.25) is 0 Å². The van der Waals surface area contributed by atoms with Crippen molar-refractivity contribution < 1.29 is 4.42 Å². The highest BCUT2D eigenvalue weighted by Crippen LogP contribution is 2.47. The maximum absolute atomic E-state index is 6.67. The Kier molecular flexibility index (Phi) is 4.66. The molecule has 0 aliphatic carbocycles. The minimum Gasteiger partial charge on any atom is -0.456 e. The molecule has 4 heterocycles. The van der Waals surface area contributed by atoms with Gasteiger partial charge in [-0.1, -0.05) is 109 Å². The molecule has 0 fully saturated rings. The van der Waals surface area contributed by atoms with E-state index in [0.717, 1.165) is 38.6 Å². The summed E-state index contributed by atoms with van der Waals surface area (Å²) in [6.45, 7) is 0. The Hall–Kier alpha value is -6.07. The first-order chi connectivity index (χ1) is 21.8. The van der Waals surface area contributed by atoms with Crippen molar-refractivity contribution in [3.05, 3.63) is 133 Å². The number of fused-ring (bicyclic) bond motifs is 10. The van der Waals surface area contributed by atoms with E-state index in [9.17, 15) is 0 Å². The fourth-order valence-corrected chi connectivity index (χ4v) is 6.93. The predicted octanol–water partition coefficient (Wildman–Crippen LogP) is 9.92. The second-order valence-electron chi connectivity index (χ2n) is 11.2. The molecule has 0 spiro atoms. The Balaban J connectivity index is 1.36. The van der Waals surface area contributed by atoms with Gasteiger partial charge in [0.05, 0.1) is 16.6 Å². The van der Waals surface area contributed by atoms with Gasteiger partial charge in [-0.2, -0.15) is 0 Å². The molecular weight excluding hydrogens is 540 g/mol. The van der Waals surface area contributed by atoms with Crippen molar-refractivity contribution >= 4 is 60.0 Å². The van der Waals surface area contributed by atoms with Crippen molar-refractivity contribution in [1.29, 1.82) is 0 Å². The van der Waals surface area contributed by atoms with Crippen molar-refractivity contribution in [1.82, 2.24) is 19.4 Å². The van der Waals surface area contributed by atoms with Crippen LogP contribution in [0.5, 0.6) is 0 Å². The maximum Gasteiger partial charge on any atom is 0.164 e. The zero-order valence-corrected chi connectivity index (χ0v) is 23.4. The van der Waals surface area contributed by atoms with E-state index < -0.39 is 0 Å². The van der Waals surface area contributed by atoms with Crippen molar-refractivity contribution in [3.8, 4) is 34.2 Å². The fraction of sp³-hybridized carbons (Fsp3) is 0. The van der Waals surface area contributed by atoms with Crippen molar-refractivity contribution in [2.75, 3.05) is 0 Å². The molecule has 44 heavy (non-hydrogen) atoms. The largest absolute Gasteiger partial charge is 0.456 e. The van der Waals surface area contributed by atoms with Gasteiger partial charge in [0.1, 0.15) is 11.2 Å². The van der Waals surface area contributed by atoms with Gasteiger partial charge >= 0.3 is 0 Å². The third-order valence-electron chi connectivity index (χ3n) is 8.77. The minimum absolute atomic E-state index is 0.616. The lowest BCUT2D eigenvalue weighted by Gasteiger charge is -2.09. The van der Waals surface area contributed by atoms with Gasteiger partial charge in [0.15, 0.2) is 17.5 Å². The van der Waals surface area contributed by atoms with E-state index in [2.05, 4.69) is 65.1 Å². The molecule has 4 aromatic heterocycles. The average Bonchev–Trinajstić information content (AvgIpc) is 3.75. The highest BCUT2D eigenvalue weighted by atomic mass is 16.3. The normalized spacial score (nSPS) is 12.1. The Morgan fingerprint density at radius 3 is 1.73 bits per heavy atom. The summed E-state index contributed by atoms with van der Waals surface area (Å²) in [5, 5.41) is 6.90. The van der Waals surface area contributed by atoms with Crippen LogP contribution >= 0.6 is 0 Å². The van der Waals surface area contributed by atoms with Crippen LogP contribution in [-0.4, -0.2) is 19.4 Å². The highest BCUT2D eigenvalue weighted by molar-refractivity contribution is 6.35. The monoisotopic (exact) mass is 562 g/mol. The number of aromatic nitrogens is 4. The molecule has 0 atom stereocenters. The molecule has 0 saturated heterocycles. The number of furan rings is 1. The van der Waals surface area contributed by atoms with Gasteiger partial charge in [-0.25, -0.2) is 15.0 Å². The van der Waals surface area contributed by atoms with Crippen LogP contribution in [0.4, 0.5) is 0 Å². The van der Waals surface area contributed by atoms with Crippen LogP contribution in [0.15, 0.2) is 138 Å². The van der Waals surface area contributed by atoms with Gasteiger partial charge in [-0.3, -0.25) is 0 Å². The van der Waals surface area contributed by atoms with E-state index >= 15 is 0 Å². The standard InChI is InChI=1S/C39H22N4O/c1-3-12-23(13-4-1)37-40-38(24-14-5-2-6-15-24)42-39(41-37)27-18-11-21-31-33(27)35-32(44-31)22-28-25-16-7-9-19-29(25)43-30-20-10-8-17-26(30)34(35)36(28)43/h1-22H. The molecule has 0 aliphatic rings. The molecule has 204 valence electrons. The summed E-state index contributed by atoms with van der Waals surface area (Å²) in [6.07, 6.45) is 0. The van der Waals surface area contributed by atoms with E-state index in [4.69, 9.17) is 19.4 Å². The summed E-state index contributed by atoms with van der Waals surface area (Å²) in [7, 11) is 0. The van der Waals surface area contributed by atoms with Crippen LogP contribution in [0.3, 0.4) is 0 Å². The first kappa shape index (κ1) is 23.5. The smallest absolute Gasteiger partial charge is 0.164 e. The topological polar surface area (TPSA) is 56.2 Å². The summed E-state index contributed by atoms with van der Waals surface area (Å²) in [4.78, 5) is 15.1. The van der Waals surface area contributed by atoms with Gasteiger partial charge in [0, 0.05) is 49.0 Å². The van der Waals surface area contributed by atoms with Crippen molar-refractivity contribution in [2.24, 2.45) is 0 Å². The summed E-state index contributed by atoms with van der Waals surface area (Å²) in [6, 6.07) is 45.8. The van der Waals surface area contributed by atoms with Crippen LogP contribution in [0.1, 0.15) is 0 Å². The molecule has 0 amide bonds. The Labute approximate surface area is 251 Å². The molecule has 10 rings (SSSR count). The Morgan fingerprint density at radius 1 is 0.432 bits per heavy atom. The molecule has 6 aromatic carbocycles. The average molecular weight is 563 g/mol. The first-order valence-corrected chi connectivity index (χ1v) is 14.7. The Bertz CT molecular complexity index is 2650. The van der Waals surface area contributed by atoms with E-state index in [0.29, 0.717) is 17.5 Å². The second kappa shape index (κ2) is 8.72. The summed E-state index contributed by atoms with van der Waals surface area (Å²) < 4.78 is 9.07. The first-order valence-electron chi connectivity index (χ1n) is 14.7. The van der Waals surface area contributed by atoms with Crippen LogP contribution in [0.25, 0.3) is 94.2 Å². The van der Waals surface area contributed by atoms with E-state index in [-0.39, 0.29) is 0 Å². The fourth-order valence-electron chi connectivity index (χ4n) is 6.93. The summed E-state index contributed by atoms with van der Waals surface area (Å²) in [5.74, 6) is 1.89. The minimum atomic E-state index is 0.616. The van der Waals surface area contributed by atoms with Crippen LogP contribution in [-0.2, 0) is 0 Å². The van der Waals surface area contributed by atoms with E-state index in [1.807, 2.05) is 72.8 Å². The zero-order valence-electron chi connectivity index (χ0n) is 23.4. The SMILES string of the molecule is c1ccc(-c2nc(-c3ccccc3)nc(-c3cccc4oc5cc6c7ccccc7n7c8ccccc8c(c5c34)c67)n2)cc1. The predicted molar refractivity (Wildman–Crippen MR) is 178 cm³/mol. The van der Waals surface area contributed by atoms with Gasteiger partial charge in [0.25, 0.3) is 0 Å². The summed E-state index contributed by atoms with van der Waals surface area (Å²) in [5.41, 5.74) is 8.06. The number of para-hydroxylation sites is 2. The number of benzene rings is 6. The lowest BCUT2D eigenvalue weighted by molar-refractivity contribution is 0.669. The third kappa shape index (κ3) is 3.15. The van der Waals surface area contributed by atoms with Crippen molar-refractivity contribution in [3.63, 3.8) is 0 Å². The Morgan fingerprint density at radius 2 is 1.02 bits per heavy atom. The molecule has 0 unspecified atom stereocenters. The molecule has 0 bridgehead atoms. The molecular formula is C39H22N4O. The number of nitrogens with zero attached hydrogens (tertiary/aromatic N) is 4. The number of rotatable bonds is 3. The highest BCUT2D eigenvalue weighted by Gasteiger charge is 2.25. The molecule has 10 aromatic rings. The molecule has 0 radical (unpaired) electrons. The van der Waals surface area contributed by atoms with Crippen LogP contribution < -0.4 is 0 Å². The number of hydrogen-bond donors (Lipinski definition) is 0. The molecule has 0 N–H and O–H groups in total. The lowest BCUT2D eigenvalue weighted by Crippen LogP contribution is -2.00. The quantitative estimate of drug-likeness (QED) is 0.215. The van der Waals surface area contributed by atoms with E-state index in [1.54, 1.807) is 0 Å². The van der Waals surface area contributed by atoms with Gasteiger partial charge in [-0.15, -0.1) is 0 Å². The summed E-state index contributed by atoms with van der Waals surface area (Å²) >= 11 is 0. The molecule has 5 nitrogen and oxygen atoms in total. The zero-order chi connectivity index (χ0) is 28.8. The number of hydrogen-bond acceptors (Lipinski definition) is 4. The maximum atomic E-state index is 6.67. The third-order valence-corrected chi connectivity index (χ3v) is 8.77. The molecule has 0 aliphatic heterocycles. The second-order valence-corrected chi connectivity index (χ2v) is 11.2. The van der Waals surface area contributed by atoms with Crippen LogP contribution in [0.2, 0.25) is 0 Å². The molecule has 0 saturated carbocycles. The van der Waals surface area contributed by atoms with Gasteiger partial charge < -0.3 is 8.82 Å². The van der Waals surface area contributed by atoms with Gasteiger partial charge in [-0.05, 0) is 24.3 Å².